The van der Waals surface area contributed by atoms with Gasteiger partial charge in [0.05, 0.1) is 21.1 Å². The minimum absolute atomic E-state index is 0.147. The summed E-state index contributed by atoms with van der Waals surface area (Å²) >= 11 is 11.8. The van der Waals surface area contributed by atoms with Gasteiger partial charge in [0.1, 0.15) is 5.69 Å². The molecule has 0 spiro atoms. The molecule has 0 amide bonds. The summed E-state index contributed by atoms with van der Waals surface area (Å²) in [6.07, 6.45) is 0. The van der Waals surface area contributed by atoms with E-state index in [1.807, 2.05) is 24.3 Å². The molecule has 6 heteroatoms. The number of benzene rings is 2. The van der Waals surface area contributed by atoms with Crippen molar-refractivity contribution in [1.29, 1.82) is 0 Å². The second-order valence-corrected chi connectivity index (χ2v) is 5.76. The summed E-state index contributed by atoms with van der Waals surface area (Å²) in [5, 5.41) is 0.736. The van der Waals surface area contributed by atoms with E-state index in [9.17, 15) is 4.79 Å². The van der Waals surface area contributed by atoms with Crippen molar-refractivity contribution in [2.45, 2.75) is 6.92 Å². The molecule has 3 rings (SSSR count). The molecule has 1 aromatic heterocycles. The van der Waals surface area contributed by atoms with Gasteiger partial charge in [0.25, 0.3) is 0 Å². The van der Waals surface area contributed by atoms with Crippen LogP contribution < -0.4 is 4.74 Å². The van der Waals surface area contributed by atoms with Crippen LogP contribution in [0, 0.1) is 6.92 Å². The topological polar surface area (TPSA) is 52.1 Å². The highest BCUT2D eigenvalue weighted by molar-refractivity contribution is 6.42. The first-order valence-corrected chi connectivity index (χ1v) is 7.64. The third kappa shape index (κ3) is 3.44. The summed E-state index contributed by atoms with van der Waals surface area (Å²) in [6, 6.07) is 12.2. The lowest BCUT2D eigenvalue weighted by molar-refractivity contribution is 0.0917. The molecule has 0 aliphatic carbocycles. The van der Waals surface area contributed by atoms with E-state index in [-0.39, 0.29) is 12.4 Å². The largest absolute Gasteiger partial charge is 0.468 e. The van der Waals surface area contributed by atoms with Gasteiger partial charge in [-0.3, -0.25) is 4.79 Å². The molecule has 0 atom stereocenters. The molecular formula is C17H12Cl2N2O2. The molecule has 4 nitrogen and oxygen atoms in total. The fourth-order valence-corrected chi connectivity index (χ4v) is 2.39. The van der Waals surface area contributed by atoms with Crippen LogP contribution in [-0.2, 0) is 0 Å². The van der Waals surface area contributed by atoms with Crippen LogP contribution in [0.1, 0.15) is 16.1 Å². The van der Waals surface area contributed by atoms with E-state index in [1.54, 1.807) is 19.1 Å². The predicted molar refractivity (Wildman–Crippen MR) is 90.6 cm³/mol. The lowest BCUT2D eigenvalue weighted by Gasteiger charge is -2.08. The van der Waals surface area contributed by atoms with Crippen molar-refractivity contribution < 1.29 is 9.53 Å². The molecule has 2 aromatic carbocycles. The fourth-order valence-electron chi connectivity index (χ4n) is 2.10. The number of hydrogen-bond donors (Lipinski definition) is 0. The molecule has 1 heterocycles. The summed E-state index contributed by atoms with van der Waals surface area (Å²) in [6.45, 7) is 1.64. The van der Waals surface area contributed by atoms with Crippen LogP contribution in [-0.4, -0.2) is 22.4 Å². The first-order chi connectivity index (χ1) is 11.0. The number of carbonyl (C=O) groups is 1. The van der Waals surface area contributed by atoms with Crippen LogP contribution >= 0.6 is 23.2 Å². The van der Waals surface area contributed by atoms with Crippen molar-refractivity contribution in [2.75, 3.05) is 6.61 Å². The molecule has 0 saturated carbocycles. The maximum absolute atomic E-state index is 12.2. The Morgan fingerprint density at radius 1 is 1.04 bits per heavy atom. The van der Waals surface area contributed by atoms with Gasteiger partial charge in [-0.15, -0.1) is 0 Å². The number of hydrogen-bond acceptors (Lipinski definition) is 4. The molecule has 0 saturated heterocycles. The van der Waals surface area contributed by atoms with Crippen molar-refractivity contribution in [2.24, 2.45) is 0 Å². The standard InChI is InChI=1S/C17H12Cl2N2O2/c1-10-17(21-15-5-3-2-4-14(15)20-10)23-9-16(22)11-6-7-12(18)13(19)8-11/h2-8H,9H2,1H3. The highest BCUT2D eigenvalue weighted by atomic mass is 35.5. The van der Waals surface area contributed by atoms with Crippen molar-refractivity contribution >= 4 is 40.0 Å². The second-order valence-electron chi connectivity index (χ2n) is 4.94. The van der Waals surface area contributed by atoms with Crippen LogP contribution in [0.4, 0.5) is 0 Å². The maximum Gasteiger partial charge on any atom is 0.236 e. The van der Waals surface area contributed by atoms with E-state index in [0.717, 1.165) is 11.0 Å². The van der Waals surface area contributed by atoms with Gasteiger partial charge in [-0.25, -0.2) is 9.97 Å². The van der Waals surface area contributed by atoms with E-state index in [0.29, 0.717) is 27.2 Å². The number of ketones is 1. The summed E-state index contributed by atoms with van der Waals surface area (Å²) in [5.74, 6) is 0.134. The van der Waals surface area contributed by atoms with Crippen molar-refractivity contribution in [3.05, 3.63) is 63.8 Å². The zero-order valence-corrected chi connectivity index (χ0v) is 13.7. The van der Waals surface area contributed by atoms with Crippen molar-refractivity contribution in [3.8, 4) is 5.88 Å². The Kier molecular flexibility index (Phi) is 4.46. The lowest BCUT2D eigenvalue weighted by Crippen LogP contribution is -2.13. The number of rotatable bonds is 4. The predicted octanol–water partition coefficient (Wildman–Crippen LogP) is 4.51. The van der Waals surface area contributed by atoms with Crippen LogP contribution in [0.15, 0.2) is 42.5 Å². The zero-order valence-electron chi connectivity index (χ0n) is 12.2. The molecule has 0 aliphatic heterocycles. The molecule has 116 valence electrons. The number of fused-ring (bicyclic) bond motifs is 1. The summed E-state index contributed by atoms with van der Waals surface area (Å²) in [4.78, 5) is 21.0. The SMILES string of the molecule is Cc1nc2ccccc2nc1OCC(=O)c1ccc(Cl)c(Cl)c1. The number of nitrogens with zero attached hydrogens (tertiary/aromatic N) is 2. The highest BCUT2D eigenvalue weighted by Crippen LogP contribution is 2.23. The smallest absolute Gasteiger partial charge is 0.236 e. The molecule has 0 fully saturated rings. The lowest BCUT2D eigenvalue weighted by atomic mass is 10.1. The van der Waals surface area contributed by atoms with Gasteiger partial charge in [-0.2, -0.15) is 0 Å². The first-order valence-electron chi connectivity index (χ1n) is 6.89. The highest BCUT2D eigenvalue weighted by Gasteiger charge is 2.12. The van der Waals surface area contributed by atoms with Gasteiger partial charge in [-0.1, -0.05) is 35.3 Å². The van der Waals surface area contributed by atoms with Crippen molar-refractivity contribution in [1.82, 2.24) is 9.97 Å². The Balaban J connectivity index is 1.78. The quantitative estimate of drug-likeness (QED) is 0.652. The van der Waals surface area contributed by atoms with Gasteiger partial charge >= 0.3 is 0 Å². The van der Waals surface area contributed by atoms with Gasteiger partial charge < -0.3 is 4.74 Å². The molecule has 0 bridgehead atoms. The number of para-hydroxylation sites is 2. The monoisotopic (exact) mass is 346 g/mol. The Morgan fingerprint density at radius 2 is 1.74 bits per heavy atom. The van der Waals surface area contributed by atoms with Crippen molar-refractivity contribution in [3.63, 3.8) is 0 Å². The number of Topliss-reactive ketones (excluding diaryl/α,β-unsaturated/α-hetero) is 1. The average molecular weight is 347 g/mol. The number of halogens is 2. The molecule has 23 heavy (non-hydrogen) atoms. The minimum Gasteiger partial charge on any atom is -0.468 e. The Labute approximate surface area is 143 Å². The second kappa shape index (κ2) is 6.52. The number of aromatic nitrogens is 2. The summed E-state index contributed by atoms with van der Waals surface area (Å²) < 4.78 is 5.53. The number of ether oxygens (including phenoxy) is 1. The van der Waals surface area contributed by atoms with E-state index in [1.165, 1.54) is 6.07 Å². The van der Waals surface area contributed by atoms with Crippen LogP contribution in [0.5, 0.6) is 5.88 Å². The van der Waals surface area contributed by atoms with Gasteiger partial charge in [0, 0.05) is 5.56 Å². The normalized spacial score (nSPS) is 10.7. The minimum atomic E-state index is -0.210. The first kappa shape index (κ1) is 15.7. The number of carbonyl (C=O) groups excluding carboxylic acids is 1. The van der Waals surface area contributed by atoms with Crippen LogP contribution in [0.25, 0.3) is 11.0 Å². The van der Waals surface area contributed by atoms with Gasteiger partial charge in [-0.05, 0) is 37.3 Å². The zero-order chi connectivity index (χ0) is 16.4. The molecule has 0 unspecified atom stereocenters. The Hall–Kier alpha value is -2.17. The Morgan fingerprint density at radius 3 is 2.43 bits per heavy atom. The summed E-state index contributed by atoms with van der Waals surface area (Å²) in [7, 11) is 0. The van der Waals surface area contributed by atoms with E-state index in [2.05, 4.69) is 9.97 Å². The third-order valence-corrected chi connectivity index (χ3v) is 4.02. The Bertz CT molecular complexity index is 897. The fraction of sp³-hybridized carbons (Fsp3) is 0.118. The molecule has 0 radical (unpaired) electrons. The van der Waals surface area contributed by atoms with E-state index >= 15 is 0 Å². The van der Waals surface area contributed by atoms with E-state index in [4.69, 9.17) is 27.9 Å². The summed E-state index contributed by atoms with van der Waals surface area (Å²) in [5.41, 5.74) is 2.57. The number of aryl methyl sites for hydroxylation is 1. The molecule has 0 N–H and O–H groups in total. The molecule has 3 aromatic rings. The van der Waals surface area contributed by atoms with Gasteiger partial charge in [0.2, 0.25) is 5.88 Å². The molecular weight excluding hydrogens is 335 g/mol. The maximum atomic E-state index is 12.2. The average Bonchev–Trinajstić information content (AvgIpc) is 2.55. The third-order valence-electron chi connectivity index (χ3n) is 3.28. The van der Waals surface area contributed by atoms with Crippen LogP contribution in [0.2, 0.25) is 10.0 Å². The van der Waals surface area contributed by atoms with E-state index < -0.39 is 0 Å². The van der Waals surface area contributed by atoms with Crippen LogP contribution in [0.3, 0.4) is 0 Å². The molecule has 0 aliphatic rings. The van der Waals surface area contributed by atoms with Gasteiger partial charge in [0.15, 0.2) is 12.4 Å².